The highest BCUT2D eigenvalue weighted by atomic mass is 19.4. The molecule has 5 rings (SSSR count). The molecule has 0 amide bonds. The molecule has 4 atom stereocenters. The zero-order chi connectivity index (χ0) is 21.8. The number of halogens is 3. The third kappa shape index (κ3) is 3.77. The number of alkyl halides is 3. The first-order chi connectivity index (χ1) is 14.8. The van der Waals surface area contributed by atoms with E-state index in [1.165, 1.54) is 10.6 Å². The molecule has 1 saturated carbocycles. The third-order valence-corrected chi connectivity index (χ3v) is 6.15. The van der Waals surface area contributed by atoms with Crippen LogP contribution in [0.2, 0.25) is 0 Å². The number of anilines is 2. The predicted octanol–water partition coefficient (Wildman–Crippen LogP) is 3.68. The van der Waals surface area contributed by atoms with Crippen molar-refractivity contribution in [2.75, 3.05) is 23.3 Å². The molecule has 8 nitrogen and oxygen atoms in total. The molecule has 166 valence electrons. The van der Waals surface area contributed by atoms with Crippen LogP contribution in [-0.2, 0) is 0 Å². The van der Waals surface area contributed by atoms with Crippen molar-refractivity contribution in [3.8, 4) is 5.75 Å². The van der Waals surface area contributed by atoms with E-state index < -0.39 is 12.3 Å². The van der Waals surface area contributed by atoms with E-state index in [0.29, 0.717) is 17.8 Å². The molecule has 0 radical (unpaired) electrons. The van der Waals surface area contributed by atoms with Crippen molar-refractivity contribution in [1.29, 1.82) is 0 Å². The molecule has 2 aliphatic rings. The summed E-state index contributed by atoms with van der Waals surface area (Å²) in [6.07, 6.45) is -2.59. The fraction of sp³-hybridized carbons (Fsp3) is 0.550. The van der Waals surface area contributed by atoms with Crippen molar-refractivity contribution in [2.24, 2.45) is 11.8 Å². The standard InChI is InChI=1S/C20H23F3N6O2/c1-11-8-16(31-27-11)28-9-13-5-6-14(10-28)17(13)24-19-25-18-15(4-3-7-29(18)26-19)30-12(2)20(21,22)23/h3-4,7-8,12-14,17H,5-6,9-10H2,1-2H3,(H,24,26)/t12-,13+,14?,17?/m1/s1. The second-order valence-corrected chi connectivity index (χ2v) is 8.36. The van der Waals surface area contributed by atoms with Crippen LogP contribution in [0.1, 0.15) is 25.5 Å². The number of aryl methyl sites for hydroxylation is 1. The summed E-state index contributed by atoms with van der Waals surface area (Å²) in [4.78, 5) is 6.65. The molecular weight excluding hydrogens is 413 g/mol. The average molecular weight is 436 g/mol. The van der Waals surface area contributed by atoms with Crippen LogP contribution in [0.4, 0.5) is 25.0 Å². The molecule has 2 bridgehead atoms. The maximum absolute atomic E-state index is 12.9. The van der Waals surface area contributed by atoms with Gasteiger partial charge in [0.15, 0.2) is 17.5 Å². The van der Waals surface area contributed by atoms with Gasteiger partial charge in [0.2, 0.25) is 11.8 Å². The number of pyridine rings is 1. The summed E-state index contributed by atoms with van der Waals surface area (Å²) in [5.74, 6) is 2.00. The van der Waals surface area contributed by atoms with Gasteiger partial charge in [0.05, 0.1) is 5.69 Å². The highest BCUT2D eigenvalue weighted by Gasteiger charge is 2.43. The van der Waals surface area contributed by atoms with Crippen LogP contribution in [0.3, 0.4) is 0 Å². The third-order valence-electron chi connectivity index (χ3n) is 6.15. The molecule has 3 aromatic rings. The minimum absolute atomic E-state index is 0.0476. The Kier molecular flexibility index (Phi) is 4.71. The van der Waals surface area contributed by atoms with Gasteiger partial charge >= 0.3 is 6.18 Å². The summed E-state index contributed by atoms with van der Waals surface area (Å²) in [7, 11) is 0. The topological polar surface area (TPSA) is 80.7 Å². The first kappa shape index (κ1) is 20.0. The minimum atomic E-state index is -4.46. The maximum atomic E-state index is 12.9. The van der Waals surface area contributed by atoms with Gasteiger partial charge in [0.25, 0.3) is 0 Å². The van der Waals surface area contributed by atoms with E-state index in [1.807, 2.05) is 13.0 Å². The average Bonchev–Trinajstić information content (AvgIpc) is 3.38. The fourth-order valence-electron chi connectivity index (χ4n) is 4.58. The normalized spacial score (nSPS) is 24.5. The summed E-state index contributed by atoms with van der Waals surface area (Å²) < 4.78 is 50.7. The number of ether oxygens (including phenoxy) is 1. The quantitative estimate of drug-likeness (QED) is 0.654. The summed E-state index contributed by atoms with van der Waals surface area (Å²) in [6.45, 7) is 4.56. The highest BCUT2D eigenvalue weighted by Crippen LogP contribution is 2.40. The van der Waals surface area contributed by atoms with Crippen molar-refractivity contribution in [2.45, 2.75) is 45.0 Å². The zero-order valence-electron chi connectivity index (χ0n) is 17.1. The molecule has 0 aromatic carbocycles. The van der Waals surface area contributed by atoms with Gasteiger partial charge in [0.1, 0.15) is 0 Å². The Morgan fingerprint density at radius 1 is 1.26 bits per heavy atom. The van der Waals surface area contributed by atoms with E-state index in [1.54, 1.807) is 12.3 Å². The SMILES string of the molecule is Cc1cc(N2CC3CC[C@@H](C2)C3Nc2nc3c(O[C@H](C)C(F)(F)F)cccn3n2)on1. The lowest BCUT2D eigenvalue weighted by Gasteiger charge is -2.37. The first-order valence-electron chi connectivity index (χ1n) is 10.3. The molecule has 4 heterocycles. The van der Waals surface area contributed by atoms with Gasteiger partial charge in [-0.15, -0.1) is 5.10 Å². The summed E-state index contributed by atoms with van der Waals surface area (Å²) >= 11 is 0. The van der Waals surface area contributed by atoms with E-state index in [2.05, 4.69) is 25.5 Å². The first-order valence-corrected chi connectivity index (χ1v) is 10.3. The van der Waals surface area contributed by atoms with Crippen LogP contribution >= 0.6 is 0 Å². The van der Waals surface area contributed by atoms with E-state index in [4.69, 9.17) is 9.26 Å². The van der Waals surface area contributed by atoms with Crippen LogP contribution in [0, 0.1) is 18.8 Å². The van der Waals surface area contributed by atoms with Gasteiger partial charge < -0.3 is 19.5 Å². The second kappa shape index (κ2) is 7.31. The number of nitrogens with one attached hydrogen (secondary N) is 1. The summed E-state index contributed by atoms with van der Waals surface area (Å²) in [6, 6.07) is 5.19. The molecule has 1 saturated heterocycles. The maximum Gasteiger partial charge on any atom is 0.425 e. The Morgan fingerprint density at radius 3 is 2.65 bits per heavy atom. The number of aromatic nitrogens is 4. The highest BCUT2D eigenvalue weighted by molar-refractivity contribution is 5.56. The minimum Gasteiger partial charge on any atom is -0.477 e. The number of hydrogen-bond donors (Lipinski definition) is 1. The number of piperidine rings is 1. The molecule has 3 aromatic heterocycles. The Morgan fingerprint density at radius 2 is 2.00 bits per heavy atom. The molecule has 1 N–H and O–H groups in total. The Balaban J connectivity index is 1.33. The van der Waals surface area contributed by atoms with Crippen LogP contribution < -0.4 is 15.0 Å². The van der Waals surface area contributed by atoms with Crippen molar-refractivity contribution in [3.05, 3.63) is 30.1 Å². The molecule has 0 spiro atoms. The monoisotopic (exact) mass is 436 g/mol. The number of rotatable bonds is 5. The molecule has 2 fully saturated rings. The van der Waals surface area contributed by atoms with E-state index in [-0.39, 0.29) is 17.4 Å². The van der Waals surface area contributed by atoms with Gasteiger partial charge in [-0.05, 0) is 50.7 Å². The molecular formula is C20H23F3N6O2. The van der Waals surface area contributed by atoms with Gasteiger partial charge in [-0.25, -0.2) is 4.52 Å². The van der Waals surface area contributed by atoms with E-state index >= 15 is 0 Å². The Hall–Kier alpha value is -2.98. The largest absolute Gasteiger partial charge is 0.477 e. The summed E-state index contributed by atoms with van der Waals surface area (Å²) in [5, 5.41) is 11.8. The van der Waals surface area contributed by atoms with Crippen molar-refractivity contribution in [3.63, 3.8) is 0 Å². The number of hydrogen-bond acceptors (Lipinski definition) is 7. The van der Waals surface area contributed by atoms with Crippen molar-refractivity contribution in [1.82, 2.24) is 19.8 Å². The Labute approximate surface area is 176 Å². The Bertz CT molecular complexity index is 1070. The van der Waals surface area contributed by atoms with E-state index in [9.17, 15) is 13.2 Å². The number of nitrogens with zero attached hydrogens (tertiary/aromatic N) is 5. The lowest BCUT2D eigenvalue weighted by atomic mass is 9.92. The molecule has 11 heteroatoms. The van der Waals surface area contributed by atoms with Crippen LogP contribution in [-0.4, -0.2) is 51.2 Å². The van der Waals surface area contributed by atoms with Crippen LogP contribution in [0.5, 0.6) is 5.75 Å². The van der Waals surface area contributed by atoms with Gasteiger partial charge in [-0.3, -0.25) is 0 Å². The molecule has 2 unspecified atom stereocenters. The second-order valence-electron chi connectivity index (χ2n) is 8.36. The van der Waals surface area contributed by atoms with Gasteiger partial charge in [-0.2, -0.15) is 18.2 Å². The lowest BCUT2D eigenvalue weighted by Crippen LogP contribution is -2.48. The van der Waals surface area contributed by atoms with Crippen molar-refractivity contribution < 1.29 is 22.4 Å². The van der Waals surface area contributed by atoms with E-state index in [0.717, 1.165) is 44.4 Å². The van der Waals surface area contributed by atoms with Crippen LogP contribution in [0.25, 0.3) is 5.65 Å². The predicted molar refractivity (Wildman–Crippen MR) is 106 cm³/mol. The molecule has 31 heavy (non-hydrogen) atoms. The smallest absolute Gasteiger partial charge is 0.425 e. The lowest BCUT2D eigenvalue weighted by molar-refractivity contribution is -0.189. The number of fused-ring (bicyclic) bond motifs is 3. The molecule has 1 aliphatic heterocycles. The summed E-state index contributed by atoms with van der Waals surface area (Å²) in [5.41, 5.74) is 1.11. The molecule has 1 aliphatic carbocycles. The van der Waals surface area contributed by atoms with Crippen molar-refractivity contribution >= 4 is 17.5 Å². The van der Waals surface area contributed by atoms with Gasteiger partial charge in [0, 0.05) is 31.4 Å². The fourth-order valence-corrected chi connectivity index (χ4v) is 4.58. The van der Waals surface area contributed by atoms with Crippen LogP contribution in [0.15, 0.2) is 28.9 Å². The van der Waals surface area contributed by atoms with Gasteiger partial charge in [-0.1, -0.05) is 5.16 Å². The zero-order valence-corrected chi connectivity index (χ0v) is 17.1.